The lowest BCUT2D eigenvalue weighted by Crippen LogP contribution is -2.18. The third kappa shape index (κ3) is 8.10. The third-order valence-corrected chi connectivity index (χ3v) is 5.40. The molecule has 1 unspecified atom stereocenters. The predicted molar refractivity (Wildman–Crippen MR) is 118 cm³/mol. The lowest BCUT2D eigenvalue weighted by molar-refractivity contribution is -0.152. The number of halogens is 3. The summed E-state index contributed by atoms with van der Waals surface area (Å²) in [6, 6.07) is 3.97. The fourth-order valence-corrected chi connectivity index (χ4v) is 3.63. The van der Waals surface area contributed by atoms with Crippen LogP contribution in [0.1, 0.15) is 53.6 Å². The van der Waals surface area contributed by atoms with Crippen LogP contribution in [0.15, 0.2) is 45.3 Å². The molecule has 3 N–H and O–H groups in total. The molecule has 0 fully saturated rings. The van der Waals surface area contributed by atoms with E-state index < -0.39 is 41.6 Å². The number of hydrogen-bond acceptors (Lipinski definition) is 7. The molecule has 2 aromatic heterocycles. The number of alkyl halides is 3. The molecule has 2 aromatic rings. The van der Waals surface area contributed by atoms with E-state index in [1.54, 1.807) is 13.0 Å². The molecule has 0 aliphatic rings. The van der Waals surface area contributed by atoms with Crippen molar-refractivity contribution in [3.8, 4) is 10.8 Å². The first kappa shape index (κ1) is 26.7. The Morgan fingerprint density at radius 2 is 2.03 bits per heavy atom. The summed E-state index contributed by atoms with van der Waals surface area (Å²) in [6.07, 6.45) is -0.528. The topological polar surface area (TPSA) is 126 Å². The van der Waals surface area contributed by atoms with Crippen LogP contribution in [0.4, 0.5) is 18.0 Å². The predicted octanol–water partition coefficient (Wildman–Crippen LogP) is 5.30. The number of aromatic hydroxyl groups is 1. The van der Waals surface area contributed by atoms with Crippen molar-refractivity contribution in [1.29, 1.82) is 0 Å². The number of nitrogens with one attached hydrogen (secondary N) is 1. The number of rotatable bonds is 10. The second kappa shape index (κ2) is 11.5. The van der Waals surface area contributed by atoms with Gasteiger partial charge >= 0.3 is 17.9 Å². The number of ether oxygens (including phenoxy) is 1. The van der Waals surface area contributed by atoms with E-state index in [4.69, 9.17) is 9.52 Å². The number of amides is 1. The van der Waals surface area contributed by atoms with Crippen LogP contribution < -0.4 is 15.7 Å². The van der Waals surface area contributed by atoms with Gasteiger partial charge in [-0.25, -0.2) is 9.59 Å². The van der Waals surface area contributed by atoms with E-state index in [1.807, 2.05) is 0 Å². The molecule has 2 heterocycles. The second-order valence-electron chi connectivity index (χ2n) is 7.24. The van der Waals surface area contributed by atoms with Crippen LogP contribution in [-0.2, 0) is 0 Å². The summed E-state index contributed by atoms with van der Waals surface area (Å²) in [5.41, 5.74) is -1.52. The van der Waals surface area contributed by atoms with Gasteiger partial charge in [-0.15, -0.1) is 0 Å². The Bertz CT molecular complexity index is 1150. The van der Waals surface area contributed by atoms with Crippen LogP contribution in [0, 0.1) is 0 Å². The van der Waals surface area contributed by atoms with E-state index in [9.17, 15) is 32.7 Å². The molecule has 0 saturated heterocycles. The molecule has 0 aliphatic carbocycles. The largest absolute Gasteiger partial charge is 0.507 e. The van der Waals surface area contributed by atoms with Gasteiger partial charge in [0.2, 0.25) is 0 Å². The fraction of sp³-hybridized carbons (Fsp3) is 0.318. The summed E-state index contributed by atoms with van der Waals surface area (Å²) in [5.74, 6) is -1.50. The quantitative estimate of drug-likeness (QED) is 0.298. The Hall–Kier alpha value is -3.54. The van der Waals surface area contributed by atoms with Crippen molar-refractivity contribution >= 4 is 29.3 Å². The van der Waals surface area contributed by atoms with Crippen molar-refractivity contribution in [3.63, 3.8) is 0 Å². The molecule has 0 bridgehead atoms. The van der Waals surface area contributed by atoms with Gasteiger partial charge in [-0.3, -0.25) is 10.1 Å². The number of thiophene rings is 1. The van der Waals surface area contributed by atoms with Crippen molar-refractivity contribution < 1.29 is 42.1 Å². The maximum Gasteiger partial charge on any atom is 0.422 e. The summed E-state index contributed by atoms with van der Waals surface area (Å²) in [5, 5.41) is 20.9. The monoisotopic (exact) mass is 501 g/mol. The van der Waals surface area contributed by atoms with Gasteiger partial charge in [0.15, 0.2) is 17.5 Å². The highest BCUT2D eigenvalue weighted by molar-refractivity contribution is 7.14. The number of carboxylic acid groups (broad SMARTS) is 1. The Balaban J connectivity index is 2.11. The van der Waals surface area contributed by atoms with E-state index in [0.29, 0.717) is 17.7 Å². The lowest BCUT2D eigenvalue weighted by Gasteiger charge is -2.11. The summed E-state index contributed by atoms with van der Waals surface area (Å²) in [6.45, 7) is 1.69. The molecule has 12 heteroatoms. The van der Waals surface area contributed by atoms with Crippen LogP contribution in [0.5, 0.6) is 10.8 Å². The number of ketones is 1. The van der Waals surface area contributed by atoms with Crippen molar-refractivity contribution in [2.45, 2.75) is 38.8 Å². The van der Waals surface area contributed by atoms with Crippen molar-refractivity contribution in [2.24, 2.45) is 0 Å². The molecule has 0 aromatic carbocycles. The molecule has 0 spiro atoms. The van der Waals surface area contributed by atoms with Crippen LogP contribution in [-0.4, -0.2) is 34.9 Å². The van der Waals surface area contributed by atoms with Crippen LogP contribution in [0.25, 0.3) is 6.08 Å². The van der Waals surface area contributed by atoms with Gasteiger partial charge in [0.05, 0.1) is 0 Å². The maximum absolute atomic E-state index is 12.7. The number of carbonyl (C=O) groups is 2. The van der Waals surface area contributed by atoms with Crippen molar-refractivity contribution in [1.82, 2.24) is 5.32 Å². The lowest BCUT2D eigenvalue weighted by atomic mass is 10.00. The normalized spacial score (nSPS) is 13.1. The highest BCUT2D eigenvalue weighted by atomic mass is 32.1. The first-order chi connectivity index (χ1) is 15.9. The van der Waals surface area contributed by atoms with Crippen molar-refractivity contribution in [2.75, 3.05) is 6.61 Å². The molecule has 0 radical (unpaired) electrons. The standard InChI is InChI=1S/C22H22F3NO7S/c1-12(5-3-4-8-26-21(30)31)16-10-15(27)18(20(29)33-16)19(28)13(2)9-14-6-7-17(34-14)32-11-22(23,24)25/h4,6-10,12,26-27H,3,5,11H2,1-2H3,(H,30,31)/b8-4+,13-9+. The van der Waals surface area contributed by atoms with E-state index in [2.05, 4.69) is 10.1 Å². The SMILES string of the molecule is C/C(=C\c1ccc(OCC(F)(F)F)s1)C(=O)c1c(O)cc(C(C)CC/C=C/NC(=O)O)oc1=O. The first-order valence-corrected chi connectivity index (χ1v) is 10.7. The minimum absolute atomic E-state index is 0.0121. The molecule has 34 heavy (non-hydrogen) atoms. The molecule has 0 aliphatic heterocycles. The molecular weight excluding hydrogens is 479 g/mol. The smallest absolute Gasteiger partial charge is 0.422 e. The Kier molecular flexibility index (Phi) is 9.07. The average molecular weight is 501 g/mol. The number of carbonyl (C=O) groups excluding carboxylic acids is 1. The van der Waals surface area contributed by atoms with Crippen molar-refractivity contribution in [3.05, 3.63) is 62.7 Å². The fourth-order valence-electron chi connectivity index (χ4n) is 2.77. The van der Waals surface area contributed by atoms with E-state index in [1.165, 1.54) is 37.4 Å². The number of allylic oxidation sites excluding steroid dienone is 2. The van der Waals surface area contributed by atoms with Crippen LogP contribution >= 0.6 is 11.3 Å². The zero-order valence-corrected chi connectivity index (χ0v) is 19.0. The molecular formula is C22H22F3NO7S. The summed E-state index contributed by atoms with van der Waals surface area (Å²) < 4.78 is 46.6. The number of hydrogen-bond donors (Lipinski definition) is 3. The zero-order chi connectivity index (χ0) is 25.5. The maximum atomic E-state index is 12.7. The average Bonchev–Trinajstić information content (AvgIpc) is 3.17. The van der Waals surface area contributed by atoms with E-state index in [0.717, 1.165) is 11.3 Å². The Morgan fingerprint density at radius 3 is 2.65 bits per heavy atom. The highest BCUT2D eigenvalue weighted by Gasteiger charge is 2.28. The van der Waals surface area contributed by atoms with Crippen LogP contribution in [0.2, 0.25) is 0 Å². The van der Waals surface area contributed by atoms with Gasteiger partial charge in [0, 0.05) is 23.1 Å². The zero-order valence-electron chi connectivity index (χ0n) is 18.1. The Labute approximate surface area is 196 Å². The second-order valence-corrected chi connectivity index (χ2v) is 8.32. The molecule has 1 atom stereocenters. The molecule has 1 amide bonds. The number of Topliss-reactive ketones (excluding diaryl/α,β-unsaturated/α-hetero) is 1. The molecule has 0 saturated carbocycles. The minimum Gasteiger partial charge on any atom is -0.507 e. The minimum atomic E-state index is -4.48. The molecule has 2 rings (SSSR count). The van der Waals surface area contributed by atoms with Gasteiger partial charge in [-0.1, -0.05) is 24.3 Å². The van der Waals surface area contributed by atoms with Gasteiger partial charge in [0.25, 0.3) is 0 Å². The highest BCUT2D eigenvalue weighted by Crippen LogP contribution is 2.30. The van der Waals surface area contributed by atoms with E-state index >= 15 is 0 Å². The third-order valence-electron chi connectivity index (χ3n) is 4.45. The van der Waals surface area contributed by atoms with Gasteiger partial charge in [-0.2, -0.15) is 13.2 Å². The molecule has 184 valence electrons. The first-order valence-electron chi connectivity index (χ1n) is 9.91. The Morgan fingerprint density at radius 1 is 1.32 bits per heavy atom. The van der Waals surface area contributed by atoms with Gasteiger partial charge < -0.3 is 19.4 Å². The molecule has 8 nitrogen and oxygen atoms in total. The summed E-state index contributed by atoms with van der Waals surface area (Å²) in [7, 11) is 0. The van der Waals surface area contributed by atoms with Gasteiger partial charge in [-0.05, 0) is 43.5 Å². The summed E-state index contributed by atoms with van der Waals surface area (Å²) in [4.78, 5) is 35.9. The van der Waals surface area contributed by atoms with E-state index in [-0.39, 0.29) is 22.3 Å². The van der Waals surface area contributed by atoms with Crippen LogP contribution in [0.3, 0.4) is 0 Å². The van der Waals surface area contributed by atoms with Gasteiger partial charge in [0.1, 0.15) is 17.1 Å². The summed E-state index contributed by atoms with van der Waals surface area (Å²) >= 11 is 0.884.